The number of rotatable bonds is 7. The van der Waals surface area contributed by atoms with Crippen molar-refractivity contribution in [2.24, 2.45) is 5.10 Å². The molecule has 3 aromatic heterocycles. The summed E-state index contributed by atoms with van der Waals surface area (Å²) in [7, 11) is 0. The molecule has 3 heterocycles. The van der Waals surface area contributed by atoms with E-state index in [0.717, 1.165) is 21.5 Å². The molecule has 0 fully saturated rings. The van der Waals surface area contributed by atoms with Gasteiger partial charge in [0.25, 0.3) is 5.69 Å². The first-order valence-corrected chi connectivity index (χ1v) is 10.6. The van der Waals surface area contributed by atoms with E-state index in [-0.39, 0.29) is 17.0 Å². The lowest BCUT2D eigenvalue weighted by molar-refractivity contribution is -0.384. The van der Waals surface area contributed by atoms with Gasteiger partial charge in [-0.3, -0.25) is 15.5 Å². The molecule has 0 radical (unpaired) electrons. The van der Waals surface area contributed by atoms with Crippen molar-refractivity contribution >= 4 is 56.4 Å². The van der Waals surface area contributed by atoms with Crippen LogP contribution < -0.4 is 10.7 Å². The molecule has 5 rings (SSSR count). The topological polar surface area (TPSA) is 149 Å². The predicted molar refractivity (Wildman–Crippen MR) is 128 cm³/mol. The summed E-state index contributed by atoms with van der Waals surface area (Å²) in [5, 5.41) is 25.8. The molecule has 0 saturated heterocycles. The van der Waals surface area contributed by atoms with Gasteiger partial charge in [0.2, 0.25) is 11.3 Å². The number of benzene rings is 2. The molecule has 0 aliphatic rings. The summed E-state index contributed by atoms with van der Waals surface area (Å²) in [6.45, 7) is 0. The number of nitrogens with zero attached hydrogens (tertiary/aromatic N) is 7. The monoisotopic (exact) mass is 519 g/mol. The van der Waals surface area contributed by atoms with Crippen LogP contribution in [-0.4, -0.2) is 36.0 Å². The van der Waals surface area contributed by atoms with Crippen LogP contribution in [0.25, 0.3) is 17.0 Å². The summed E-state index contributed by atoms with van der Waals surface area (Å²) in [6, 6.07) is 17.5. The third-order valence-corrected chi connectivity index (χ3v) is 5.24. The molecule has 0 aliphatic carbocycles. The Morgan fingerprint density at radius 3 is 2.41 bits per heavy atom. The number of hydrogen-bond acceptors (Lipinski definition) is 10. The predicted octanol–water partition coefficient (Wildman–Crippen LogP) is 4.66. The van der Waals surface area contributed by atoms with Crippen LogP contribution in [0.1, 0.15) is 5.69 Å². The Morgan fingerprint density at radius 2 is 1.71 bits per heavy atom. The number of fused-ring (bicyclic) bond motifs is 1. The molecule has 2 aromatic carbocycles. The Kier molecular flexibility index (Phi) is 5.66. The Hall–Kier alpha value is -4.65. The average Bonchev–Trinajstić information content (AvgIpc) is 3.50. The number of hydrazone groups is 1. The van der Waals surface area contributed by atoms with Gasteiger partial charge in [-0.15, -0.1) is 0 Å². The van der Waals surface area contributed by atoms with Gasteiger partial charge >= 0.3 is 0 Å². The normalized spacial score (nSPS) is 11.2. The van der Waals surface area contributed by atoms with Crippen molar-refractivity contribution in [3.63, 3.8) is 0 Å². The van der Waals surface area contributed by atoms with Crippen molar-refractivity contribution in [3.8, 4) is 5.69 Å². The van der Waals surface area contributed by atoms with Gasteiger partial charge in [0, 0.05) is 34.2 Å². The first-order chi connectivity index (χ1) is 16.6. The quantitative estimate of drug-likeness (QED) is 0.177. The number of hydrogen-bond donors (Lipinski definition) is 2. The Bertz CT molecular complexity index is 1490. The van der Waals surface area contributed by atoms with E-state index in [1.807, 2.05) is 47.2 Å². The number of nitrogens with one attached hydrogen (secondary N) is 2. The zero-order valence-corrected chi connectivity index (χ0v) is 18.7. The van der Waals surface area contributed by atoms with Gasteiger partial charge in [0.15, 0.2) is 11.6 Å². The minimum atomic E-state index is -0.437. The Morgan fingerprint density at radius 1 is 1.00 bits per heavy atom. The second kappa shape index (κ2) is 9.07. The average molecular weight is 520 g/mol. The summed E-state index contributed by atoms with van der Waals surface area (Å²) in [4.78, 5) is 19.2. The van der Waals surface area contributed by atoms with Crippen LogP contribution in [0.3, 0.4) is 0 Å². The van der Waals surface area contributed by atoms with Gasteiger partial charge in [-0.1, -0.05) is 15.9 Å². The molecular formula is C21H14BrN9O3. The largest absolute Gasteiger partial charge is 0.337 e. The highest BCUT2D eigenvalue weighted by Crippen LogP contribution is 2.25. The zero-order valence-electron chi connectivity index (χ0n) is 17.2. The van der Waals surface area contributed by atoms with Crippen molar-refractivity contribution in [3.05, 3.63) is 87.1 Å². The number of non-ortho nitro benzene ring substituents is 1. The summed E-state index contributed by atoms with van der Waals surface area (Å²) < 4.78 is 7.50. The Balaban J connectivity index is 1.40. The molecule has 168 valence electrons. The van der Waals surface area contributed by atoms with E-state index in [1.54, 1.807) is 18.3 Å². The number of halogens is 1. The highest BCUT2D eigenvalue weighted by Gasteiger charge is 2.13. The van der Waals surface area contributed by atoms with E-state index in [4.69, 9.17) is 4.63 Å². The summed E-state index contributed by atoms with van der Waals surface area (Å²) in [6.07, 6.45) is 3.42. The van der Waals surface area contributed by atoms with E-state index in [1.165, 1.54) is 12.1 Å². The maximum absolute atomic E-state index is 10.9. The van der Waals surface area contributed by atoms with Gasteiger partial charge in [0.1, 0.15) is 0 Å². The maximum atomic E-state index is 10.9. The second-order valence-electron chi connectivity index (χ2n) is 6.91. The smallest absolute Gasteiger partial charge is 0.269 e. The third-order valence-electron chi connectivity index (χ3n) is 4.71. The van der Waals surface area contributed by atoms with Crippen LogP contribution >= 0.6 is 15.9 Å². The standard InChI is InChI=1S/C21H14BrN9O3/c22-13-3-5-14(6-4-13)24-18-19(26-21-20(25-18)28-34-29-21)27-23-12-17-2-1-11-30(17)15-7-9-16(10-8-15)31(32)33/h1-12H,(H,24,25,28)(H,26,27,29)/b23-12+. The van der Waals surface area contributed by atoms with Crippen molar-refractivity contribution < 1.29 is 9.55 Å². The van der Waals surface area contributed by atoms with Crippen LogP contribution in [0, 0.1) is 10.1 Å². The van der Waals surface area contributed by atoms with Crippen molar-refractivity contribution in [1.82, 2.24) is 24.8 Å². The second-order valence-corrected chi connectivity index (χ2v) is 7.83. The lowest BCUT2D eigenvalue weighted by atomic mass is 10.3. The van der Waals surface area contributed by atoms with Gasteiger partial charge in [-0.2, -0.15) is 10.1 Å². The molecule has 0 aliphatic heterocycles. The van der Waals surface area contributed by atoms with Crippen LogP contribution in [0.4, 0.5) is 23.0 Å². The summed E-state index contributed by atoms with van der Waals surface area (Å²) >= 11 is 3.41. The lowest BCUT2D eigenvalue weighted by Gasteiger charge is -2.09. The highest BCUT2D eigenvalue weighted by atomic mass is 79.9. The van der Waals surface area contributed by atoms with E-state index >= 15 is 0 Å². The van der Waals surface area contributed by atoms with Gasteiger partial charge < -0.3 is 9.88 Å². The molecule has 0 amide bonds. The SMILES string of the molecule is O=[N+]([O-])c1ccc(-n2cccc2/C=N/Nc2nc3nonc3nc2Nc2ccc(Br)cc2)cc1. The molecule has 0 bridgehead atoms. The number of nitro benzene ring substituents is 1. The van der Waals surface area contributed by atoms with E-state index in [2.05, 4.69) is 52.1 Å². The molecule has 5 aromatic rings. The fourth-order valence-electron chi connectivity index (χ4n) is 3.10. The molecule has 0 atom stereocenters. The van der Waals surface area contributed by atoms with Crippen LogP contribution in [-0.2, 0) is 0 Å². The van der Waals surface area contributed by atoms with E-state index < -0.39 is 4.92 Å². The van der Waals surface area contributed by atoms with Gasteiger partial charge in [-0.25, -0.2) is 9.61 Å². The first kappa shape index (κ1) is 21.2. The van der Waals surface area contributed by atoms with Crippen LogP contribution in [0.5, 0.6) is 0 Å². The van der Waals surface area contributed by atoms with Crippen molar-refractivity contribution in [1.29, 1.82) is 0 Å². The molecule has 0 saturated carbocycles. The molecule has 34 heavy (non-hydrogen) atoms. The van der Waals surface area contributed by atoms with Crippen molar-refractivity contribution in [2.75, 3.05) is 10.7 Å². The van der Waals surface area contributed by atoms with E-state index in [0.29, 0.717) is 11.6 Å². The fraction of sp³-hybridized carbons (Fsp3) is 0. The van der Waals surface area contributed by atoms with Crippen molar-refractivity contribution in [2.45, 2.75) is 0 Å². The van der Waals surface area contributed by atoms with E-state index in [9.17, 15) is 10.1 Å². The molecule has 12 nitrogen and oxygen atoms in total. The number of aromatic nitrogens is 5. The van der Waals surface area contributed by atoms with Gasteiger partial charge in [-0.05, 0) is 58.8 Å². The number of nitro groups is 1. The van der Waals surface area contributed by atoms with Crippen LogP contribution in [0.15, 0.2) is 81.1 Å². The molecule has 2 N–H and O–H groups in total. The highest BCUT2D eigenvalue weighted by molar-refractivity contribution is 9.10. The molecule has 13 heteroatoms. The lowest BCUT2D eigenvalue weighted by Crippen LogP contribution is -2.04. The molecule has 0 spiro atoms. The fourth-order valence-corrected chi connectivity index (χ4v) is 3.37. The zero-order chi connectivity index (χ0) is 23.5. The maximum Gasteiger partial charge on any atom is 0.269 e. The Labute approximate surface area is 199 Å². The minimum absolute atomic E-state index is 0.0231. The summed E-state index contributed by atoms with van der Waals surface area (Å²) in [5.74, 6) is 0.698. The first-order valence-electron chi connectivity index (χ1n) is 9.81. The minimum Gasteiger partial charge on any atom is -0.337 e. The molecule has 0 unspecified atom stereocenters. The third kappa shape index (κ3) is 4.45. The van der Waals surface area contributed by atoms with Gasteiger partial charge in [0.05, 0.1) is 16.8 Å². The number of anilines is 3. The van der Waals surface area contributed by atoms with Crippen LogP contribution in [0.2, 0.25) is 0 Å². The summed E-state index contributed by atoms with van der Waals surface area (Å²) in [5.41, 5.74) is 5.66. The molecular weight excluding hydrogens is 506 g/mol.